The zero-order valence-corrected chi connectivity index (χ0v) is 19.5. The van der Waals surface area contributed by atoms with Crippen LogP contribution in [0.15, 0.2) is 102 Å². The number of methoxy groups -OCH3 is 1. The zero-order valence-electron chi connectivity index (χ0n) is 19.5. The van der Waals surface area contributed by atoms with Crippen LogP contribution in [0.5, 0.6) is 5.75 Å². The number of hydrogen-bond donors (Lipinski definition) is 1. The van der Waals surface area contributed by atoms with E-state index in [4.69, 9.17) is 4.74 Å². The van der Waals surface area contributed by atoms with Crippen molar-refractivity contribution < 1.29 is 9.53 Å². The van der Waals surface area contributed by atoms with E-state index in [9.17, 15) is 4.79 Å². The molecule has 5 rings (SSSR count). The summed E-state index contributed by atoms with van der Waals surface area (Å²) in [6.45, 7) is 2.03. The first kappa shape index (κ1) is 22.1. The molecule has 0 aliphatic rings. The van der Waals surface area contributed by atoms with E-state index < -0.39 is 5.91 Å². The molecule has 0 bridgehead atoms. The summed E-state index contributed by atoms with van der Waals surface area (Å²) in [6, 6.07) is 31.6. The van der Waals surface area contributed by atoms with Crippen LogP contribution in [0.4, 0.5) is 0 Å². The lowest BCUT2D eigenvalue weighted by molar-refractivity contribution is 0.0949. The number of benzene rings is 4. The van der Waals surface area contributed by atoms with Gasteiger partial charge in [-0.05, 0) is 53.1 Å². The van der Waals surface area contributed by atoms with Crippen molar-refractivity contribution in [1.29, 1.82) is 0 Å². The normalized spacial score (nSPS) is 11.1. The van der Waals surface area contributed by atoms with Crippen LogP contribution in [-0.4, -0.2) is 29.0 Å². The monoisotopic (exact) mass is 460 g/mol. The Balaban J connectivity index is 1.53. The number of fused-ring (bicyclic) bond motifs is 1. The van der Waals surface area contributed by atoms with E-state index in [1.54, 1.807) is 13.3 Å². The van der Waals surface area contributed by atoms with Gasteiger partial charge < -0.3 is 4.74 Å². The third-order valence-corrected chi connectivity index (χ3v) is 5.82. The number of hydrogen-bond acceptors (Lipinski definition) is 4. The summed E-state index contributed by atoms with van der Waals surface area (Å²) in [5.74, 6) is 0.329. The highest BCUT2D eigenvalue weighted by atomic mass is 16.5. The van der Waals surface area contributed by atoms with Crippen LogP contribution < -0.4 is 10.2 Å². The summed E-state index contributed by atoms with van der Waals surface area (Å²) in [4.78, 5) is 13.0. The van der Waals surface area contributed by atoms with Gasteiger partial charge >= 0.3 is 0 Å². The highest BCUT2D eigenvalue weighted by molar-refractivity contribution is 5.99. The molecule has 0 aliphatic carbocycles. The van der Waals surface area contributed by atoms with E-state index in [1.165, 1.54) is 0 Å². The molecule has 6 nitrogen and oxygen atoms in total. The standard InChI is InChI=1S/C29H24N4O2/c1-20-9-3-6-16-27(20)33-28(25-15-8-12-22-11-4-5-14-24(22)25)18-26(32-33)29(34)31-30-19-21-10-7-13-23(17-21)35-2/h3-19H,1-2H3,(H,31,34)/b30-19-. The maximum atomic E-state index is 13.0. The number of para-hydroxylation sites is 1. The Morgan fingerprint density at radius 2 is 1.71 bits per heavy atom. The van der Waals surface area contributed by atoms with Crippen LogP contribution in [0, 0.1) is 6.92 Å². The van der Waals surface area contributed by atoms with Crippen molar-refractivity contribution in [3.63, 3.8) is 0 Å². The molecule has 4 aromatic carbocycles. The first-order chi connectivity index (χ1) is 17.1. The molecule has 0 atom stereocenters. The fraction of sp³-hybridized carbons (Fsp3) is 0.0690. The quantitative estimate of drug-likeness (QED) is 0.258. The smallest absolute Gasteiger partial charge is 0.291 e. The van der Waals surface area contributed by atoms with E-state index in [2.05, 4.69) is 39.9 Å². The lowest BCUT2D eigenvalue weighted by Gasteiger charge is -2.12. The molecule has 1 N–H and O–H groups in total. The molecular weight excluding hydrogens is 436 g/mol. The van der Waals surface area contributed by atoms with Gasteiger partial charge in [-0.15, -0.1) is 0 Å². The van der Waals surface area contributed by atoms with Crippen molar-refractivity contribution in [2.24, 2.45) is 5.10 Å². The van der Waals surface area contributed by atoms with Crippen molar-refractivity contribution in [2.45, 2.75) is 6.92 Å². The van der Waals surface area contributed by atoms with Crippen molar-refractivity contribution in [3.8, 4) is 22.7 Å². The fourth-order valence-corrected chi connectivity index (χ4v) is 4.06. The van der Waals surface area contributed by atoms with Gasteiger partial charge in [-0.3, -0.25) is 4.79 Å². The minimum absolute atomic E-state index is 0.277. The predicted molar refractivity (Wildman–Crippen MR) is 139 cm³/mol. The average Bonchev–Trinajstić information content (AvgIpc) is 3.34. The van der Waals surface area contributed by atoms with Gasteiger partial charge in [0.15, 0.2) is 5.69 Å². The lowest BCUT2D eigenvalue weighted by Crippen LogP contribution is -2.18. The largest absolute Gasteiger partial charge is 0.497 e. The van der Waals surface area contributed by atoms with Crippen LogP contribution in [-0.2, 0) is 0 Å². The van der Waals surface area contributed by atoms with E-state index >= 15 is 0 Å². The summed E-state index contributed by atoms with van der Waals surface area (Å²) in [5, 5.41) is 11.0. The summed E-state index contributed by atoms with van der Waals surface area (Å²) in [5.41, 5.74) is 7.48. The van der Waals surface area contributed by atoms with Gasteiger partial charge in [0.2, 0.25) is 0 Å². The van der Waals surface area contributed by atoms with Gasteiger partial charge in [0.05, 0.1) is 24.7 Å². The Labute approximate surface area is 203 Å². The maximum Gasteiger partial charge on any atom is 0.291 e. The molecule has 1 heterocycles. The van der Waals surface area contributed by atoms with Gasteiger partial charge in [0.25, 0.3) is 5.91 Å². The van der Waals surface area contributed by atoms with Gasteiger partial charge in [0, 0.05) is 5.56 Å². The molecule has 35 heavy (non-hydrogen) atoms. The van der Waals surface area contributed by atoms with Crippen LogP contribution in [0.1, 0.15) is 21.6 Å². The van der Waals surface area contributed by atoms with Crippen molar-refractivity contribution in [2.75, 3.05) is 7.11 Å². The number of rotatable bonds is 6. The minimum atomic E-state index is -0.391. The van der Waals surface area contributed by atoms with Gasteiger partial charge in [-0.2, -0.15) is 10.2 Å². The van der Waals surface area contributed by atoms with E-state index in [0.717, 1.165) is 44.6 Å². The first-order valence-electron chi connectivity index (χ1n) is 11.3. The summed E-state index contributed by atoms with van der Waals surface area (Å²) >= 11 is 0. The molecule has 0 aliphatic heterocycles. The molecule has 0 radical (unpaired) electrons. The minimum Gasteiger partial charge on any atom is -0.497 e. The van der Waals surface area contributed by atoms with Crippen LogP contribution in [0.25, 0.3) is 27.7 Å². The third kappa shape index (κ3) is 4.54. The lowest BCUT2D eigenvalue weighted by atomic mass is 10.0. The molecule has 1 amide bonds. The second-order valence-corrected chi connectivity index (χ2v) is 8.12. The number of hydrazone groups is 1. The molecule has 172 valence electrons. The molecule has 1 aromatic heterocycles. The van der Waals surface area contributed by atoms with Crippen LogP contribution in [0.3, 0.4) is 0 Å². The molecule has 0 spiro atoms. The average molecular weight is 461 g/mol. The highest BCUT2D eigenvalue weighted by Gasteiger charge is 2.18. The summed E-state index contributed by atoms with van der Waals surface area (Å²) in [7, 11) is 1.61. The molecule has 0 fully saturated rings. The Morgan fingerprint density at radius 3 is 2.57 bits per heavy atom. The maximum absolute atomic E-state index is 13.0. The van der Waals surface area contributed by atoms with Gasteiger partial charge in [-0.1, -0.05) is 72.8 Å². The number of aryl methyl sites for hydroxylation is 1. The fourth-order valence-electron chi connectivity index (χ4n) is 4.06. The molecule has 5 aromatic rings. The second kappa shape index (κ2) is 9.65. The molecule has 0 saturated heterocycles. The van der Waals surface area contributed by atoms with Crippen molar-refractivity contribution in [1.82, 2.24) is 15.2 Å². The second-order valence-electron chi connectivity index (χ2n) is 8.12. The Kier molecular flexibility index (Phi) is 6.09. The van der Waals surface area contributed by atoms with Crippen LogP contribution in [0.2, 0.25) is 0 Å². The molecular formula is C29H24N4O2. The summed E-state index contributed by atoms with van der Waals surface area (Å²) in [6.07, 6.45) is 1.57. The number of aromatic nitrogens is 2. The van der Waals surface area contributed by atoms with Gasteiger partial charge in [-0.25, -0.2) is 10.1 Å². The van der Waals surface area contributed by atoms with Crippen LogP contribution >= 0.6 is 0 Å². The number of nitrogens with zero attached hydrogens (tertiary/aromatic N) is 3. The molecule has 6 heteroatoms. The zero-order chi connectivity index (χ0) is 24.2. The highest BCUT2D eigenvalue weighted by Crippen LogP contribution is 2.31. The number of carbonyl (C=O) groups excluding carboxylic acids is 1. The van der Waals surface area contributed by atoms with Crippen molar-refractivity contribution in [3.05, 3.63) is 114 Å². The SMILES string of the molecule is COc1cccc(/C=N\NC(=O)c2cc(-c3cccc4ccccc34)n(-c3ccccc3C)n2)c1. The number of carbonyl (C=O) groups is 1. The van der Waals surface area contributed by atoms with E-state index in [-0.39, 0.29) is 5.69 Å². The van der Waals surface area contributed by atoms with Crippen molar-refractivity contribution >= 4 is 22.9 Å². The van der Waals surface area contributed by atoms with Gasteiger partial charge in [0.1, 0.15) is 5.75 Å². The molecule has 0 saturated carbocycles. The first-order valence-corrected chi connectivity index (χ1v) is 11.3. The third-order valence-electron chi connectivity index (χ3n) is 5.82. The predicted octanol–water partition coefficient (Wildman–Crippen LogP) is 5.77. The van der Waals surface area contributed by atoms with E-state index in [0.29, 0.717) is 0 Å². The Hall–Kier alpha value is -4.71. The Bertz CT molecular complexity index is 1550. The number of amides is 1. The molecule has 0 unspecified atom stereocenters. The topological polar surface area (TPSA) is 68.5 Å². The number of nitrogens with one attached hydrogen (secondary N) is 1. The van der Waals surface area contributed by atoms with E-state index in [1.807, 2.05) is 84.4 Å². The number of ether oxygens (including phenoxy) is 1. The Morgan fingerprint density at radius 1 is 0.943 bits per heavy atom. The summed E-state index contributed by atoms with van der Waals surface area (Å²) < 4.78 is 7.06.